The summed E-state index contributed by atoms with van der Waals surface area (Å²) >= 11 is 0. The van der Waals surface area contributed by atoms with Crippen molar-refractivity contribution in [3.8, 4) is 0 Å². The van der Waals surface area contributed by atoms with Crippen LogP contribution in [0.4, 0.5) is 0 Å². The standard InChI is InChI=1S/C16H21N3O/c17-19-16(12-6-9-20-10-7-12)11-13-5-8-18-15-4-2-1-3-14(13)15/h1-5,8,12,16,19H,6-7,9-11,17H2. The Morgan fingerprint density at radius 1 is 1.25 bits per heavy atom. The second-order valence-corrected chi connectivity index (χ2v) is 5.41. The molecule has 106 valence electrons. The van der Waals surface area contributed by atoms with Crippen molar-refractivity contribution in [2.75, 3.05) is 13.2 Å². The number of nitrogens with zero attached hydrogens (tertiary/aromatic N) is 1. The van der Waals surface area contributed by atoms with Gasteiger partial charge in [0.2, 0.25) is 0 Å². The van der Waals surface area contributed by atoms with E-state index in [4.69, 9.17) is 10.6 Å². The van der Waals surface area contributed by atoms with Gasteiger partial charge in [-0.05, 0) is 42.9 Å². The molecule has 3 rings (SSSR count). The summed E-state index contributed by atoms with van der Waals surface area (Å²) in [6, 6.07) is 10.7. The molecule has 1 aliphatic heterocycles. The summed E-state index contributed by atoms with van der Waals surface area (Å²) in [5.74, 6) is 6.37. The summed E-state index contributed by atoms with van der Waals surface area (Å²) in [4.78, 5) is 4.42. The van der Waals surface area contributed by atoms with E-state index >= 15 is 0 Å². The SMILES string of the molecule is NNC(Cc1ccnc2ccccc12)C1CCOCC1. The number of rotatable bonds is 4. The molecule has 1 unspecified atom stereocenters. The molecule has 0 amide bonds. The molecular weight excluding hydrogens is 250 g/mol. The third-order valence-electron chi connectivity index (χ3n) is 4.23. The van der Waals surface area contributed by atoms with Gasteiger partial charge in [0, 0.05) is 30.8 Å². The largest absolute Gasteiger partial charge is 0.381 e. The van der Waals surface area contributed by atoms with E-state index in [2.05, 4.69) is 34.7 Å². The third kappa shape index (κ3) is 2.82. The number of hydrogen-bond acceptors (Lipinski definition) is 4. The Bertz CT molecular complexity index is 561. The molecule has 2 heterocycles. The molecule has 1 aromatic heterocycles. The quantitative estimate of drug-likeness (QED) is 0.660. The van der Waals surface area contributed by atoms with Crippen LogP contribution in [0.3, 0.4) is 0 Å². The van der Waals surface area contributed by atoms with Crippen LogP contribution < -0.4 is 11.3 Å². The number of fused-ring (bicyclic) bond motifs is 1. The zero-order chi connectivity index (χ0) is 13.8. The molecule has 1 saturated heterocycles. The summed E-state index contributed by atoms with van der Waals surface area (Å²) in [6.45, 7) is 1.69. The van der Waals surface area contributed by atoms with E-state index in [9.17, 15) is 0 Å². The smallest absolute Gasteiger partial charge is 0.0704 e. The van der Waals surface area contributed by atoms with Gasteiger partial charge in [-0.1, -0.05) is 18.2 Å². The number of pyridine rings is 1. The lowest BCUT2D eigenvalue weighted by atomic mass is 9.87. The van der Waals surface area contributed by atoms with E-state index in [0.717, 1.165) is 38.0 Å². The first-order valence-electron chi connectivity index (χ1n) is 7.25. The minimum Gasteiger partial charge on any atom is -0.381 e. The first-order valence-corrected chi connectivity index (χ1v) is 7.25. The van der Waals surface area contributed by atoms with Crippen LogP contribution >= 0.6 is 0 Å². The molecule has 0 saturated carbocycles. The Labute approximate surface area is 119 Å². The van der Waals surface area contributed by atoms with Crippen LogP contribution in [0.25, 0.3) is 10.9 Å². The average molecular weight is 271 g/mol. The molecule has 20 heavy (non-hydrogen) atoms. The summed E-state index contributed by atoms with van der Waals surface area (Å²) in [7, 11) is 0. The number of benzene rings is 1. The van der Waals surface area contributed by atoms with Crippen LogP contribution in [0.15, 0.2) is 36.5 Å². The van der Waals surface area contributed by atoms with E-state index in [0.29, 0.717) is 12.0 Å². The van der Waals surface area contributed by atoms with Gasteiger partial charge in [0.05, 0.1) is 5.52 Å². The van der Waals surface area contributed by atoms with Gasteiger partial charge in [0.1, 0.15) is 0 Å². The van der Waals surface area contributed by atoms with Crippen LogP contribution in [-0.4, -0.2) is 24.2 Å². The van der Waals surface area contributed by atoms with Crippen LogP contribution in [0, 0.1) is 5.92 Å². The summed E-state index contributed by atoms with van der Waals surface area (Å²) in [6.07, 6.45) is 4.98. The topological polar surface area (TPSA) is 60.2 Å². The van der Waals surface area contributed by atoms with Gasteiger partial charge >= 0.3 is 0 Å². The fourth-order valence-corrected chi connectivity index (χ4v) is 3.05. The number of nitrogens with two attached hydrogens (primary N) is 1. The molecule has 0 spiro atoms. The maximum atomic E-state index is 5.79. The van der Waals surface area contributed by atoms with Crippen LogP contribution in [0.5, 0.6) is 0 Å². The number of para-hydroxylation sites is 1. The zero-order valence-corrected chi connectivity index (χ0v) is 11.6. The highest BCUT2D eigenvalue weighted by Crippen LogP contribution is 2.24. The van der Waals surface area contributed by atoms with Crippen molar-refractivity contribution in [2.45, 2.75) is 25.3 Å². The highest BCUT2D eigenvalue weighted by atomic mass is 16.5. The number of hydrogen-bond donors (Lipinski definition) is 2. The molecule has 1 atom stereocenters. The highest BCUT2D eigenvalue weighted by molar-refractivity contribution is 5.81. The molecule has 1 aromatic carbocycles. The highest BCUT2D eigenvalue weighted by Gasteiger charge is 2.23. The second kappa shape index (κ2) is 6.31. The van der Waals surface area contributed by atoms with Crippen LogP contribution in [0.1, 0.15) is 18.4 Å². The molecular formula is C16H21N3O. The van der Waals surface area contributed by atoms with Crippen molar-refractivity contribution in [1.82, 2.24) is 10.4 Å². The number of aromatic nitrogens is 1. The predicted molar refractivity (Wildman–Crippen MR) is 80.1 cm³/mol. The molecule has 0 bridgehead atoms. The number of ether oxygens (including phenoxy) is 1. The van der Waals surface area contributed by atoms with Gasteiger partial charge in [-0.3, -0.25) is 16.3 Å². The Hall–Kier alpha value is -1.49. The summed E-state index contributed by atoms with van der Waals surface area (Å²) in [5.41, 5.74) is 5.37. The van der Waals surface area contributed by atoms with Gasteiger partial charge in [0.25, 0.3) is 0 Å². The molecule has 1 aliphatic rings. The second-order valence-electron chi connectivity index (χ2n) is 5.41. The lowest BCUT2D eigenvalue weighted by molar-refractivity contribution is 0.0538. The Morgan fingerprint density at radius 3 is 2.85 bits per heavy atom. The molecule has 4 heteroatoms. The fourth-order valence-electron chi connectivity index (χ4n) is 3.05. The molecule has 4 nitrogen and oxygen atoms in total. The Morgan fingerprint density at radius 2 is 2.05 bits per heavy atom. The van der Waals surface area contributed by atoms with Gasteiger partial charge in [-0.25, -0.2) is 0 Å². The molecule has 1 fully saturated rings. The van der Waals surface area contributed by atoms with Gasteiger partial charge in [0.15, 0.2) is 0 Å². The Balaban J connectivity index is 1.83. The normalized spacial score (nSPS) is 18.2. The first kappa shape index (κ1) is 13.5. The minimum atomic E-state index is 0.296. The summed E-state index contributed by atoms with van der Waals surface area (Å²) < 4.78 is 5.44. The molecule has 0 radical (unpaired) electrons. The van der Waals surface area contributed by atoms with Gasteiger partial charge < -0.3 is 4.74 Å². The molecule has 2 aromatic rings. The van der Waals surface area contributed by atoms with E-state index in [1.165, 1.54) is 10.9 Å². The molecule has 3 N–H and O–H groups in total. The van der Waals surface area contributed by atoms with Crippen molar-refractivity contribution in [3.63, 3.8) is 0 Å². The number of nitrogens with one attached hydrogen (secondary N) is 1. The van der Waals surface area contributed by atoms with Crippen molar-refractivity contribution < 1.29 is 4.74 Å². The van der Waals surface area contributed by atoms with E-state index in [-0.39, 0.29) is 0 Å². The number of hydrazine groups is 1. The maximum Gasteiger partial charge on any atom is 0.0704 e. The zero-order valence-electron chi connectivity index (χ0n) is 11.6. The Kier molecular flexibility index (Phi) is 4.25. The average Bonchev–Trinajstić information content (AvgIpc) is 2.53. The van der Waals surface area contributed by atoms with Gasteiger partial charge in [-0.15, -0.1) is 0 Å². The van der Waals surface area contributed by atoms with Crippen molar-refractivity contribution in [3.05, 3.63) is 42.1 Å². The van der Waals surface area contributed by atoms with E-state index in [1.54, 1.807) is 0 Å². The van der Waals surface area contributed by atoms with E-state index in [1.807, 2.05) is 12.3 Å². The van der Waals surface area contributed by atoms with Crippen molar-refractivity contribution >= 4 is 10.9 Å². The lowest BCUT2D eigenvalue weighted by Gasteiger charge is -2.30. The lowest BCUT2D eigenvalue weighted by Crippen LogP contribution is -2.44. The maximum absolute atomic E-state index is 5.79. The predicted octanol–water partition coefficient (Wildman–Crippen LogP) is 2.04. The van der Waals surface area contributed by atoms with Gasteiger partial charge in [-0.2, -0.15) is 0 Å². The monoisotopic (exact) mass is 271 g/mol. The van der Waals surface area contributed by atoms with Crippen LogP contribution in [0.2, 0.25) is 0 Å². The third-order valence-corrected chi connectivity index (χ3v) is 4.23. The minimum absolute atomic E-state index is 0.296. The van der Waals surface area contributed by atoms with Crippen LogP contribution in [-0.2, 0) is 11.2 Å². The molecule has 0 aliphatic carbocycles. The first-order chi connectivity index (χ1) is 9.88. The summed E-state index contributed by atoms with van der Waals surface area (Å²) in [5, 5.41) is 1.22. The van der Waals surface area contributed by atoms with E-state index < -0.39 is 0 Å². The van der Waals surface area contributed by atoms with Crippen molar-refractivity contribution in [1.29, 1.82) is 0 Å². The van der Waals surface area contributed by atoms with Crippen molar-refractivity contribution in [2.24, 2.45) is 11.8 Å². The fraction of sp³-hybridized carbons (Fsp3) is 0.438.